The van der Waals surface area contributed by atoms with E-state index in [0.717, 1.165) is 11.3 Å². The lowest BCUT2D eigenvalue weighted by molar-refractivity contribution is -0.139. The highest BCUT2D eigenvalue weighted by atomic mass is 16.5. The Kier molecular flexibility index (Phi) is 7.51. The smallest absolute Gasteiger partial charge is 0.338 e. The maximum atomic E-state index is 12.9. The lowest BCUT2D eigenvalue weighted by Gasteiger charge is -2.36. The second-order valence-electron chi connectivity index (χ2n) is 7.43. The minimum atomic E-state index is -0.628. The Labute approximate surface area is 182 Å². The van der Waals surface area contributed by atoms with Gasteiger partial charge >= 0.3 is 12.0 Å². The molecule has 1 aromatic rings. The largest absolute Gasteiger partial charge is 0.494 e. The molecule has 168 valence electrons. The van der Waals surface area contributed by atoms with Gasteiger partial charge in [0.2, 0.25) is 5.91 Å². The summed E-state index contributed by atoms with van der Waals surface area (Å²) in [5.41, 5.74) is 1.68. The van der Waals surface area contributed by atoms with Gasteiger partial charge in [-0.15, -0.1) is 0 Å². The molecule has 9 nitrogen and oxygen atoms in total. The summed E-state index contributed by atoms with van der Waals surface area (Å²) in [6.07, 6.45) is 0. The average molecular weight is 431 g/mol. The first kappa shape index (κ1) is 22.6. The Bertz CT molecular complexity index is 844. The molecule has 2 heterocycles. The van der Waals surface area contributed by atoms with Gasteiger partial charge in [0.1, 0.15) is 5.75 Å². The van der Waals surface area contributed by atoms with Crippen LogP contribution < -0.4 is 15.4 Å². The average Bonchev–Trinajstić information content (AvgIpc) is 2.74. The number of hydrogen-bond acceptors (Lipinski definition) is 6. The number of ether oxygens (including phenoxy) is 2. The number of nitrogens with zero attached hydrogens (tertiary/aromatic N) is 2. The molecule has 0 unspecified atom stereocenters. The van der Waals surface area contributed by atoms with E-state index in [2.05, 4.69) is 15.5 Å². The maximum Gasteiger partial charge on any atom is 0.338 e. The van der Waals surface area contributed by atoms with Crippen LogP contribution in [0.15, 0.2) is 35.5 Å². The second-order valence-corrected chi connectivity index (χ2v) is 7.43. The molecule has 2 N–H and O–H groups in total. The Morgan fingerprint density at radius 1 is 1.06 bits per heavy atom. The molecular weight excluding hydrogens is 400 g/mol. The van der Waals surface area contributed by atoms with Crippen molar-refractivity contribution in [2.75, 3.05) is 45.9 Å². The molecule has 1 saturated heterocycles. The number of hydrogen-bond donors (Lipinski definition) is 2. The third kappa shape index (κ3) is 5.55. The lowest BCUT2D eigenvalue weighted by Crippen LogP contribution is -2.52. The van der Waals surface area contributed by atoms with Crippen LogP contribution in [0.2, 0.25) is 0 Å². The van der Waals surface area contributed by atoms with Crippen LogP contribution in [0.4, 0.5) is 4.79 Å². The van der Waals surface area contributed by atoms with Crippen molar-refractivity contribution in [1.82, 2.24) is 20.4 Å². The first-order valence-electron chi connectivity index (χ1n) is 10.6. The van der Waals surface area contributed by atoms with Gasteiger partial charge in [0.15, 0.2) is 0 Å². The van der Waals surface area contributed by atoms with Crippen LogP contribution in [0, 0.1) is 0 Å². The highest BCUT2D eigenvalue weighted by Gasteiger charge is 2.34. The number of rotatable bonds is 7. The van der Waals surface area contributed by atoms with Crippen molar-refractivity contribution in [2.24, 2.45) is 0 Å². The number of benzene rings is 1. The van der Waals surface area contributed by atoms with Crippen LogP contribution in [0.25, 0.3) is 0 Å². The molecule has 2 aliphatic rings. The van der Waals surface area contributed by atoms with E-state index in [9.17, 15) is 14.4 Å². The first-order chi connectivity index (χ1) is 14.9. The van der Waals surface area contributed by atoms with Crippen molar-refractivity contribution in [1.29, 1.82) is 0 Å². The minimum Gasteiger partial charge on any atom is -0.494 e. The van der Waals surface area contributed by atoms with Crippen LogP contribution in [0.3, 0.4) is 0 Å². The summed E-state index contributed by atoms with van der Waals surface area (Å²) in [6, 6.07) is 6.31. The molecule has 1 fully saturated rings. The second kappa shape index (κ2) is 10.3. The van der Waals surface area contributed by atoms with Gasteiger partial charge in [0.05, 0.1) is 24.8 Å². The van der Waals surface area contributed by atoms with Gasteiger partial charge < -0.3 is 25.0 Å². The molecular formula is C22H30N4O5. The van der Waals surface area contributed by atoms with Crippen molar-refractivity contribution < 1.29 is 23.9 Å². The number of piperazine rings is 1. The van der Waals surface area contributed by atoms with Gasteiger partial charge in [-0.3, -0.25) is 9.69 Å². The molecule has 3 rings (SSSR count). The summed E-state index contributed by atoms with van der Waals surface area (Å²) in [7, 11) is 0. The molecule has 2 aliphatic heterocycles. The van der Waals surface area contributed by atoms with E-state index in [0.29, 0.717) is 50.6 Å². The zero-order valence-electron chi connectivity index (χ0n) is 18.3. The fraction of sp³-hybridized carbons (Fsp3) is 0.500. The van der Waals surface area contributed by atoms with Gasteiger partial charge in [-0.2, -0.15) is 0 Å². The topological polar surface area (TPSA) is 100 Å². The molecule has 0 radical (unpaired) electrons. The summed E-state index contributed by atoms with van der Waals surface area (Å²) < 4.78 is 10.8. The lowest BCUT2D eigenvalue weighted by atomic mass is 9.94. The molecule has 0 bridgehead atoms. The van der Waals surface area contributed by atoms with E-state index in [-0.39, 0.29) is 18.5 Å². The van der Waals surface area contributed by atoms with E-state index in [4.69, 9.17) is 9.47 Å². The molecule has 0 aliphatic carbocycles. The third-order valence-electron chi connectivity index (χ3n) is 5.37. The fourth-order valence-corrected chi connectivity index (χ4v) is 3.81. The Balaban J connectivity index is 1.88. The van der Waals surface area contributed by atoms with Crippen LogP contribution in [0.5, 0.6) is 5.75 Å². The number of esters is 1. The Morgan fingerprint density at radius 3 is 2.32 bits per heavy atom. The molecule has 9 heteroatoms. The number of carbonyl (C=O) groups is 3. The zero-order valence-corrected chi connectivity index (χ0v) is 18.3. The van der Waals surface area contributed by atoms with E-state index >= 15 is 0 Å². The summed E-state index contributed by atoms with van der Waals surface area (Å²) in [5, 5.41) is 5.64. The van der Waals surface area contributed by atoms with Gasteiger partial charge in [0.25, 0.3) is 0 Å². The highest BCUT2D eigenvalue weighted by molar-refractivity contribution is 5.95. The standard InChI is InChI=1S/C22H30N4O5/c1-4-30-17-8-6-16(7-9-17)20-19(21(28)31-5-2)18(23-22(29)24-20)14-25-10-12-26(13-11-25)15(3)27/h6-9,20H,4-5,10-14H2,1-3H3,(H2,23,24,29)/t20-/m1/s1. The molecule has 0 aromatic heterocycles. The fourth-order valence-electron chi connectivity index (χ4n) is 3.81. The van der Waals surface area contributed by atoms with Crippen molar-refractivity contribution in [2.45, 2.75) is 26.8 Å². The first-order valence-corrected chi connectivity index (χ1v) is 10.6. The molecule has 31 heavy (non-hydrogen) atoms. The Morgan fingerprint density at radius 2 is 1.74 bits per heavy atom. The monoisotopic (exact) mass is 430 g/mol. The van der Waals surface area contributed by atoms with Crippen LogP contribution in [0.1, 0.15) is 32.4 Å². The minimum absolute atomic E-state index is 0.0526. The van der Waals surface area contributed by atoms with Crippen molar-refractivity contribution in [3.8, 4) is 5.75 Å². The maximum absolute atomic E-state index is 12.9. The number of nitrogens with one attached hydrogen (secondary N) is 2. The SMILES string of the molecule is CCOC(=O)C1=C(CN2CCN(C(C)=O)CC2)NC(=O)N[C@@H]1c1ccc(OCC)cc1. The quantitative estimate of drug-likeness (QED) is 0.635. The van der Waals surface area contributed by atoms with Crippen LogP contribution in [-0.2, 0) is 14.3 Å². The molecule has 3 amide bonds. The Hall–Kier alpha value is -3.07. The highest BCUT2D eigenvalue weighted by Crippen LogP contribution is 2.29. The van der Waals surface area contributed by atoms with Crippen LogP contribution in [-0.4, -0.2) is 73.6 Å². The third-order valence-corrected chi connectivity index (χ3v) is 5.37. The molecule has 1 aromatic carbocycles. The van der Waals surface area contributed by atoms with Crippen LogP contribution >= 0.6 is 0 Å². The molecule has 0 spiro atoms. The zero-order chi connectivity index (χ0) is 22.4. The van der Waals surface area contributed by atoms with E-state index in [1.807, 2.05) is 31.2 Å². The predicted molar refractivity (Wildman–Crippen MR) is 114 cm³/mol. The van der Waals surface area contributed by atoms with Gasteiger partial charge in [-0.05, 0) is 31.5 Å². The van der Waals surface area contributed by atoms with Crippen molar-refractivity contribution in [3.05, 3.63) is 41.1 Å². The van der Waals surface area contributed by atoms with Gasteiger partial charge in [-0.1, -0.05) is 12.1 Å². The summed E-state index contributed by atoms with van der Waals surface area (Å²) in [6.45, 7) is 8.96. The van der Waals surface area contributed by atoms with Gasteiger partial charge in [0, 0.05) is 45.3 Å². The summed E-state index contributed by atoms with van der Waals surface area (Å²) >= 11 is 0. The number of urea groups is 1. The summed E-state index contributed by atoms with van der Waals surface area (Å²) in [4.78, 5) is 40.8. The van der Waals surface area contributed by atoms with Crippen molar-refractivity contribution >= 4 is 17.9 Å². The normalized spacial score (nSPS) is 19.5. The van der Waals surface area contributed by atoms with E-state index in [1.54, 1.807) is 18.7 Å². The number of amides is 3. The number of carbonyl (C=O) groups excluding carboxylic acids is 3. The summed E-state index contributed by atoms with van der Waals surface area (Å²) in [5.74, 6) is 0.305. The predicted octanol–water partition coefficient (Wildman–Crippen LogP) is 1.42. The van der Waals surface area contributed by atoms with Gasteiger partial charge in [-0.25, -0.2) is 9.59 Å². The van der Waals surface area contributed by atoms with E-state index < -0.39 is 12.0 Å². The molecule has 0 saturated carbocycles. The van der Waals surface area contributed by atoms with E-state index in [1.165, 1.54) is 0 Å². The van der Waals surface area contributed by atoms with Crippen molar-refractivity contribution in [3.63, 3.8) is 0 Å². The molecule has 1 atom stereocenters.